The lowest BCUT2D eigenvalue weighted by Crippen LogP contribution is -2.27. The molecule has 6 heteroatoms. The van der Waals surface area contributed by atoms with E-state index in [1.807, 2.05) is 31.2 Å². The van der Waals surface area contributed by atoms with Gasteiger partial charge in [0.25, 0.3) is 5.91 Å². The molecule has 0 aliphatic carbocycles. The van der Waals surface area contributed by atoms with Crippen molar-refractivity contribution >= 4 is 67.6 Å². The van der Waals surface area contributed by atoms with E-state index in [-0.39, 0.29) is 11.9 Å². The van der Waals surface area contributed by atoms with E-state index in [0.29, 0.717) is 15.6 Å². The third-order valence-electron chi connectivity index (χ3n) is 2.96. The highest BCUT2D eigenvalue weighted by atomic mass is 127. The van der Waals surface area contributed by atoms with E-state index in [9.17, 15) is 4.79 Å². The Bertz CT molecular complexity index is 693. The minimum Gasteiger partial charge on any atom is -0.345 e. The number of hydrogen-bond acceptors (Lipinski definition) is 1. The summed E-state index contributed by atoms with van der Waals surface area (Å²) in [5, 5.41) is 3.93. The van der Waals surface area contributed by atoms with Gasteiger partial charge in [-0.1, -0.05) is 29.3 Å². The predicted molar refractivity (Wildman–Crippen MR) is 99.2 cm³/mol. The molecule has 0 aliphatic heterocycles. The molecule has 0 fully saturated rings. The fourth-order valence-corrected chi connectivity index (χ4v) is 3.04. The Morgan fingerprint density at radius 1 is 1.19 bits per heavy atom. The number of rotatable bonds is 3. The van der Waals surface area contributed by atoms with Crippen LogP contribution in [0.3, 0.4) is 0 Å². The predicted octanol–water partition coefficient (Wildman–Crippen LogP) is 5.85. The van der Waals surface area contributed by atoms with Crippen LogP contribution in [0.25, 0.3) is 0 Å². The molecule has 1 amide bonds. The van der Waals surface area contributed by atoms with Crippen molar-refractivity contribution in [3.63, 3.8) is 0 Å². The van der Waals surface area contributed by atoms with Crippen molar-refractivity contribution in [2.24, 2.45) is 0 Å². The molecule has 2 aromatic rings. The molecule has 2 aromatic carbocycles. The maximum Gasteiger partial charge on any atom is 0.252 e. The van der Waals surface area contributed by atoms with Gasteiger partial charge in [0.15, 0.2) is 0 Å². The van der Waals surface area contributed by atoms with Crippen molar-refractivity contribution in [1.29, 1.82) is 0 Å². The van der Waals surface area contributed by atoms with Gasteiger partial charge in [-0.2, -0.15) is 0 Å². The molecule has 0 aromatic heterocycles. The zero-order valence-corrected chi connectivity index (χ0v) is 16.2. The molecule has 0 radical (unpaired) electrons. The second-order valence-electron chi connectivity index (χ2n) is 4.49. The van der Waals surface area contributed by atoms with E-state index in [0.717, 1.165) is 13.6 Å². The molecule has 0 saturated heterocycles. The SMILES string of the molecule is CC(NC(=O)c1cc(I)ccc1Br)c1ccc(Cl)c(Cl)c1. The zero-order valence-electron chi connectivity index (χ0n) is 11.0. The fraction of sp³-hybridized carbons (Fsp3) is 0.133. The first-order chi connectivity index (χ1) is 9.88. The number of nitrogens with one attached hydrogen (secondary N) is 1. The minimum absolute atomic E-state index is 0.140. The average Bonchev–Trinajstić information content (AvgIpc) is 2.44. The topological polar surface area (TPSA) is 29.1 Å². The summed E-state index contributed by atoms with van der Waals surface area (Å²) in [7, 11) is 0. The van der Waals surface area contributed by atoms with E-state index >= 15 is 0 Å². The molecule has 0 saturated carbocycles. The van der Waals surface area contributed by atoms with Crippen molar-refractivity contribution < 1.29 is 4.79 Å². The number of carbonyl (C=O) groups is 1. The highest BCUT2D eigenvalue weighted by Crippen LogP contribution is 2.26. The Balaban J connectivity index is 2.18. The van der Waals surface area contributed by atoms with Crippen molar-refractivity contribution in [1.82, 2.24) is 5.32 Å². The highest BCUT2D eigenvalue weighted by molar-refractivity contribution is 14.1. The maximum absolute atomic E-state index is 12.3. The minimum atomic E-state index is -0.169. The maximum atomic E-state index is 12.3. The van der Waals surface area contributed by atoms with Crippen LogP contribution in [0.1, 0.15) is 28.9 Å². The Morgan fingerprint density at radius 2 is 1.90 bits per heavy atom. The van der Waals surface area contributed by atoms with Gasteiger partial charge in [-0.15, -0.1) is 0 Å². The van der Waals surface area contributed by atoms with Gasteiger partial charge in [-0.25, -0.2) is 0 Å². The summed E-state index contributed by atoms with van der Waals surface area (Å²) < 4.78 is 1.77. The Hall–Kier alpha value is -0.300. The molecular formula is C15H11BrCl2INO. The Labute approximate surface area is 155 Å². The third-order valence-corrected chi connectivity index (χ3v) is 5.07. The second kappa shape index (κ2) is 7.31. The normalized spacial score (nSPS) is 12.0. The molecule has 21 heavy (non-hydrogen) atoms. The summed E-state index contributed by atoms with van der Waals surface area (Å²) in [6.45, 7) is 1.90. The van der Waals surface area contributed by atoms with Crippen LogP contribution in [0.15, 0.2) is 40.9 Å². The van der Waals surface area contributed by atoms with Crippen LogP contribution >= 0.6 is 61.7 Å². The molecule has 0 bridgehead atoms. The summed E-state index contributed by atoms with van der Waals surface area (Å²) in [6, 6.07) is 10.8. The second-order valence-corrected chi connectivity index (χ2v) is 7.41. The standard InChI is InChI=1S/C15H11BrCl2INO/c1-8(9-2-5-13(17)14(18)6-9)20-15(21)11-7-10(19)3-4-12(11)16/h2-8H,1H3,(H,20,21). The van der Waals surface area contributed by atoms with Crippen LogP contribution in [0.2, 0.25) is 10.0 Å². The fourth-order valence-electron chi connectivity index (χ4n) is 1.81. The van der Waals surface area contributed by atoms with Crippen molar-refractivity contribution in [2.45, 2.75) is 13.0 Å². The Kier molecular flexibility index (Phi) is 5.94. The van der Waals surface area contributed by atoms with Crippen LogP contribution in [0, 0.1) is 3.57 Å². The summed E-state index contributed by atoms with van der Waals surface area (Å²) in [5.74, 6) is -0.140. The smallest absolute Gasteiger partial charge is 0.252 e. The molecule has 1 N–H and O–H groups in total. The summed E-state index contributed by atoms with van der Waals surface area (Å²) in [4.78, 5) is 12.3. The summed E-state index contributed by atoms with van der Waals surface area (Å²) >= 11 is 17.5. The molecule has 0 aliphatic rings. The number of amides is 1. The van der Waals surface area contributed by atoms with Crippen LogP contribution in [0.4, 0.5) is 0 Å². The number of hydrogen-bond donors (Lipinski definition) is 1. The first-order valence-electron chi connectivity index (χ1n) is 6.09. The molecule has 0 heterocycles. The molecule has 1 atom stereocenters. The first kappa shape index (κ1) is 17.1. The van der Waals surface area contributed by atoms with Gasteiger partial charge in [0.2, 0.25) is 0 Å². The van der Waals surface area contributed by atoms with Gasteiger partial charge in [-0.3, -0.25) is 4.79 Å². The van der Waals surface area contributed by atoms with E-state index in [2.05, 4.69) is 43.8 Å². The van der Waals surface area contributed by atoms with Crippen LogP contribution < -0.4 is 5.32 Å². The van der Waals surface area contributed by atoms with E-state index < -0.39 is 0 Å². The van der Waals surface area contributed by atoms with Crippen LogP contribution in [-0.2, 0) is 0 Å². The monoisotopic (exact) mass is 497 g/mol. The third kappa shape index (κ3) is 4.34. The van der Waals surface area contributed by atoms with Crippen molar-refractivity contribution in [3.05, 3.63) is 65.6 Å². The molecule has 2 rings (SSSR count). The molecule has 110 valence electrons. The zero-order chi connectivity index (χ0) is 15.6. The lowest BCUT2D eigenvalue weighted by molar-refractivity contribution is 0.0939. The van der Waals surface area contributed by atoms with E-state index in [1.165, 1.54) is 0 Å². The number of halogens is 4. The van der Waals surface area contributed by atoms with Gasteiger partial charge >= 0.3 is 0 Å². The van der Waals surface area contributed by atoms with Gasteiger partial charge in [0.05, 0.1) is 21.7 Å². The number of carbonyl (C=O) groups excluding carboxylic acids is 1. The van der Waals surface area contributed by atoms with Crippen LogP contribution in [0.5, 0.6) is 0 Å². The van der Waals surface area contributed by atoms with E-state index in [4.69, 9.17) is 23.2 Å². The quantitative estimate of drug-likeness (QED) is 0.528. The van der Waals surface area contributed by atoms with E-state index in [1.54, 1.807) is 12.1 Å². The molecular weight excluding hydrogens is 488 g/mol. The lowest BCUT2D eigenvalue weighted by Gasteiger charge is -2.16. The average molecular weight is 499 g/mol. The molecule has 0 spiro atoms. The van der Waals surface area contributed by atoms with Crippen LogP contribution in [-0.4, -0.2) is 5.91 Å². The van der Waals surface area contributed by atoms with Crippen molar-refractivity contribution in [2.75, 3.05) is 0 Å². The van der Waals surface area contributed by atoms with Gasteiger partial charge in [0, 0.05) is 8.04 Å². The molecule has 1 unspecified atom stereocenters. The molecule has 2 nitrogen and oxygen atoms in total. The Morgan fingerprint density at radius 3 is 2.57 bits per heavy atom. The summed E-state index contributed by atoms with van der Waals surface area (Å²) in [6.07, 6.45) is 0. The largest absolute Gasteiger partial charge is 0.345 e. The lowest BCUT2D eigenvalue weighted by atomic mass is 10.1. The number of benzene rings is 2. The van der Waals surface area contributed by atoms with Gasteiger partial charge in [-0.05, 0) is 81.3 Å². The van der Waals surface area contributed by atoms with Gasteiger partial charge < -0.3 is 5.32 Å². The first-order valence-corrected chi connectivity index (χ1v) is 8.72. The summed E-state index contributed by atoms with van der Waals surface area (Å²) in [5.41, 5.74) is 1.51. The van der Waals surface area contributed by atoms with Crippen molar-refractivity contribution in [3.8, 4) is 0 Å². The van der Waals surface area contributed by atoms with Gasteiger partial charge in [0.1, 0.15) is 0 Å². The highest BCUT2D eigenvalue weighted by Gasteiger charge is 2.15.